The van der Waals surface area contributed by atoms with Crippen LogP contribution >= 0.6 is 0 Å². The normalized spacial score (nSPS) is 22.8. The quantitative estimate of drug-likeness (QED) is 0.824. The summed E-state index contributed by atoms with van der Waals surface area (Å²) >= 11 is 0. The van der Waals surface area contributed by atoms with E-state index in [9.17, 15) is 18.0 Å². The van der Waals surface area contributed by atoms with E-state index in [4.69, 9.17) is 0 Å². The van der Waals surface area contributed by atoms with Crippen molar-refractivity contribution >= 4 is 17.6 Å². The van der Waals surface area contributed by atoms with Crippen molar-refractivity contribution in [1.82, 2.24) is 9.88 Å². The number of hydrogen-bond donors (Lipinski definition) is 2. The molecule has 2 N–H and O–H groups in total. The number of halogens is 3. The summed E-state index contributed by atoms with van der Waals surface area (Å²) in [5, 5.41) is 2.38. The Balaban J connectivity index is 1.85. The predicted molar refractivity (Wildman–Crippen MR) is 102 cm³/mol. The van der Waals surface area contributed by atoms with E-state index in [2.05, 4.69) is 15.3 Å². The fourth-order valence-electron chi connectivity index (χ4n) is 4.04. The van der Waals surface area contributed by atoms with Crippen LogP contribution in [-0.2, 0) is 4.79 Å². The van der Waals surface area contributed by atoms with Crippen molar-refractivity contribution in [3.63, 3.8) is 0 Å². The third-order valence-electron chi connectivity index (χ3n) is 5.45. The molecular formula is C21H22F3N4O+. The van der Waals surface area contributed by atoms with Crippen LogP contribution in [0.1, 0.15) is 36.9 Å². The molecule has 1 aliphatic heterocycles. The molecule has 29 heavy (non-hydrogen) atoms. The van der Waals surface area contributed by atoms with E-state index in [1.165, 1.54) is 11.0 Å². The van der Waals surface area contributed by atoms with Crippen LogP contribution in [0.4, 0.5) is 19.0 Å². The van der Waals surface area contributed by atoms with Crippen LogP contribution in [0.25, 0.3) is 0 Å². The third kappa shape index (κ3) is 3.36. The van der Waals surface area contributed by atoms with Gasteiger partial charge in [-0.3, -0.25) is 0 Å². The minimum atomic E-state index is -4.89. The van der Waals surface area contributed by atoms with Crippen molar-refractivity contribution in [3.05, 3.63) is 59.8 Å². The minimum absolute atomic E-state index is 0.0103. The molecule has 2 aliphatic rings. The Morgan fingerprint density at radius 1 is 1.10 bits per heavy atom. The Bertz CT molecular complexity index is 938. The van der Waals surface area contributed by atoms with Gasteiger partial charge >= 0.3 is 17.7 Å². The van der Waals surface area contributed by atoms with Crippen LogP contribution < -0.4 is 10.3 Å². The molecule has 0 saturated heterocycles. The van der Waals surface area contributed by atoms with Crippen LogP contribution in [0.5, 0.6) is 0 Å². The van der Waals surface area contributed by atoms with E-state index < -0.39 is 17.7 Å². The van der Waals surface area contributed by atoms with E-state index in [1.807, 2.05) is 0 Å². The number of rotatable bonds is 4. The Kier molecular flexibility index (Phi) is 4.80. The van der Waals surface area contributed by atoms with Crippen LogP contribution in [-0.4, -0.2) is 39.5 Å². The van der Waals surface area contributed by atoms with E-state index in [0.29, 0.717) is 24.1 Å². The molecule has 4 rings (SSSR count). The zero-order valence-electron chi connectivity index (χ0n) is 16.0. The number of aryl methyl sites for hydroxylation is 1. The number of amides is 1. The van der Waals surface area contributed by atoms with Crippen molar-refractivity contribution in [2.24, 2.45) is 0 Å². The maximum absolute atomic E-state index is 14.4. The first kappa shape index (κ1) is 19.4. The number of nitrogens with one attached hydrogen (secondary N) is 2. The molecule has 0 radical (unpaired) electrons. The van der Waals surface area contributed by atoms with Gasteiger partial charge in [0.05, 0.1) is 5.56 Å². The fraction of sp³-hybridized carbons (Fsp3) is 0.381. The van der Waals surface area contributed by atoms with Crippen LogP contribution in [0, 0.1) is 6.92 Å². The van der Waals surface area contributed by atoms with Crippen molar-refractivity contribution in [1.29, 1.82) is 0 Å². The largest absolute Gasteiger partial charge is 0.465 e. The lowest BCUT2D eigenvalue weighted by Gasteiger charge is -2.26. The number of carbonyl (C=O) groups excluding carboxylic acids is 1. The number of anilines is 1. The molecule has 1 aromatic heterocycles. The monoisotopic (exact) mass is 403 g/mol. The Hall–Kier alpha value is -2.90. The van der Waals surface area contributed by atoms with Crippen molar-refractivity contribution in [2.75, 3.05) is 5.32 Å². The summed E-state index contributed by atoms with van der Waals surface area (Å²) in [5.74, 6) is -0.872. The molecule has 0 spiro atoms. The average Bonchev–Trinajstić information content (AvgIpc) is 3.29. The lowest BCUT2D eigenvalue weighted by atomic mass is 10.1. The summed E-state index contributed by atoms with van der Waals surface area (Å²) < 4.78 is 43.2. The summed E-state index contributed by atoms with van der Waals surface area (Å²) in [6.45, 7) is 1.68. The highest BCUT2D eigenvalue weighted by atomic mass is 19.4. The van der Waals surface area contributed by atoms with Gasteiger partial charge < -0.3 is 5.32 Å². The summed E-state index contributed by atoms with van der Waals surface area (Å²) in [4.78, 5) is 21.3. The fourth-order valence-corrected chi connectivity index (χ4v) is 4.04. The molecule has 1 fully saturated rings. The minimum Gasteiger partial charge on any atom is -0.312 e. The molecule has 2 heterocycles. The molecular weight excluding hydrogens is 381 g/mol. The number of hydrogen-bond acceptors (Lipinski definition) is 3. The lowest BCUT2D eigenvalue weighted by molar-refractivity contribution is -0.566. The molecule has 1 atom stereocenters. The summed E-state index contributed by atoms with van der Waals surface area (Å²) in [6.07, 6.45) is -1.74. The molecule has 5 nitrogen and oxygen atoms in total. The second-order valence-electron chi connectivity index (χ2n) is 7.49. The van der Waals surface area contributed by atoms with Gasteiger partial charge in [-0.05, 0) is 56.9 Å². The van der Waals surface area contributed by atoms with Gasteiger partial charge in [0.2, 0.25) is 0 Å². The van der Waals surface area contributed by atoms with Gasteiger partial charge in [0.25, 0.3) is 5.84 Å². The number of amidine groups is 1. The Morgan fingerprint density at radius 3 is 2.41 bits per heavy atom. The second-order valence-corrected chi connectivity index (χ2v) is 7.49. The van der Waals surface area contributed by atoms with Crippen LogP contribution in [0.2, 0.25) is 0 Å². The SMILES string of the molecule is Cc1cccc(N[C@@]2(C(F)(F)F)[NH+]=C(c3ccccc3)N(C3CCCC3)C2=O)n1. The highest BCUT2D eigenvalue weighted by Crippen LogP contribution is 2.35. The number of benzene rings is 1. The van der Waals surface area contributed by atoms with Gasteiger partial charge in [-0.25, -0.2) is 14.8 Å². The first-order chi connectivity index (χ1) is 13.8. The van der Waals surface area contributed by atoms with Gasteiger partial charge in [-0.1, -0.05) is 24.3 Å². The standard InChI is InChI=1S/C21H21F3N4O/c1-14-8-7-13-17(25-14)26-20(21(22,23)24)19(29)28(16-11-5-6-12-16)18(27-20)15-9-3-2-4-10-15/h2-4,7-10,13,16H,5-6,11-12H2,1H3,(H,25,26)/p+1/t20-/m1/s1. The molecule has 1 amide bonds. The van der Waals surface area contributed by atoms with Gasteiger partial charge in [-0.2, -0.15) is 18.1 Å². The number of nitrogens with zero attached hydrogens (tertiary/aromatic N) is 2. The zero-order valence-corrected chi connectivity index (χ0v) is 16.0. The molecule has 1 saturated carbocycles. The van der Waals surface area contributed by atoms with Gasteiger partial charge in [-0.15, -0.1) is 0 Å². The topological polar surface area (TPSA) is 59.2 Å². The van der Waals surface area contributed by atoms with Crippen molar-refractivity contribution in [2.45, 2.75) is 50.5 Å². The van der Waals surface area contributed by atoms with Crippen LogP contribution in [0.3, 0.4) is 0 Å². The van der Waals surface area contributed by atoms with Gasteiger partial charge in [0.1, 0.15) is 11.9 Å². The van der Waals surface area contributed by atoms with Crippen molar-refractivity contribution in [3.8, 4) is 0 Å². The molecule has 0 unspecified atom stereocenters. The van der Waals surface area contributed by atoms with E-state index in [0.717, 1.165) is 12.8 Å². The summed E-state index contributed by atoms with van der Waals surface area (Å²) in [5.41, 5.74) is -1.88. The number of pyridine rings is 1. The highest BCUT2D eigenvalue weighted by molar-refractivity contribution is 6.11. The van der Waals surface area contributed by atoms with Gasteiger partial charge in [0, 0.05) is 5.69 Å². The van der Waals surface area contributed by atoms with Crippen molar-refractivity contribution < 1.29 is 23.0 Å². The first-order valence-corrected chi connectivity index (χ1v) is 9.64. The molecule has 8 heteroatoms. The average molecular weight is 403 g/mol. The zero-order chi connectivity index (χ0) is 20.6. The first-order valence-electron chi connectivity index (χ1n) is 9.64. The maximum Gasteiger partial charge on any atom is 0.465 e. The molecule has 152 valence electrons. The third-order valence-corrected chi connectivity index (χ3v) is 5.45. The highest BCUT2D eigenvalue weighted by Gasteiger charge is 2.72. The number of aromatic nitrogens is 1. The maximum atomic E-state index is 14.4. The summed E-state index contributed by atoms with van der Waals surface area (Å²) in [7, 11) is 0. The molecule has 1 aromatic carbocycles. The van der Waals surface area contributed by atoms with Crippen LogP contribution in [0.15, 0.2) is 48.5 Å². The smallest absolute Gasteiger partial charge is 0.312 e. The molecule has 1 aliphatic carbocycles. The predicted octanol–water partition coefficient (Wildman–Crippen LogP) is 2.37. The molecule has 2 aromatic rings. The van der Waals surface area contributed by atoms with Gasteiger partial charge in [0.15, 0.2) is 0 Å². The lowest BCUT2D eigenvalue weighted by Crippen LogP contribution is -2.94. The summed E-state index contributed by atoms with van der Waals surface area (Å²) in [6, 6.07) is 13.1. The number of carbonyl (C=O) groups is 1. The van der Waals surface area contributed by atoms with E-state index in [1.54, 1.807) is 49.4 Å². The second kappa shape index (κ2) is 7.17. The molecule has 0 bridgehead atoms. The number of alkyl halides is 3. The Morgan fingerprint density at radius 2 is 1.79 bits per heavy atom. The Labute approximate surface area is 166 Å². The van der Waals surface area contributed by atoms with E-state index >= 15 is 0 Å². The van der Waals surface area contributed by atoms with E-state index in [-0.39, 0.29) is 17.7 Å².